The van der Waals surface area contributed by atoms with Crippen molar-refractivity contribution in [3.63, 3.8) is 0 Å². The number of aromatic nitrogens is 2. The first-order valence-electron chi connectivity index (χ1n) is 6.19. The summed E-state index contributed by atoms with van der Waals surface area (Å²) in [5, 5.41) is 24.6. The number of aliphatic hydroxyl groups excluding tert-OH is 1. The second-order valence-electron chi connectivity index (χ2n) is 4.65. The molecule has 0 spiro atoms. The maximum absolute atomic E-state index is 11.0. The van der Waals surface area contributed by atoms with Crippen molar-refractivity contribution in [3.05, 3.63) is 16.3 Å². The SMILES string of the molecule is Cn1cc([N+](=O)[O-])c(N2CCCCCC2CO)n1. The van der Waals surface area contributed by atoms with Gasteiger partial charge in [0.05, 0.1) is 17.6 Å². The lowest BCUT2D eigenvalue weighted by molar-refractivity contribution is -0.384. The van der Waals surface area contributed by atoms with E-state index in [-0.39, 0.29) is 18.3 Å². The van der Waals surface area contributed by atoms with Crippen molar-refractivity contribution in [1.29, 1.82) is 0 Å². The predicted octanol–water partition coefficient (Wildman–Crippen LogP) is 1.07. The van der Waals surface area contributed by atoms with Gasteiger partial charge in [0.25, 0.3) is 0 Å². The van der Waals surface area contributed by atoms with E-state index < -0.39 is 4.92 Å². The van der Waals surface area contributed by atoms with Crippen molar-refractivity contribution in [2.75, 3.05) is 18.1 Å². The second-order valence-corrected chi connectivity index (χ2v) is 4.65. The summed E-state index contributed by atoms with van der Waals surface area (Å²) in [6.45, 7) is 0.719. The van der Waals surface area contributed by atoms with Crippen LogP contribution < -0.4 is 4.90 Å². The molecule has 2 rings (SSSR count). The number of aliphatic hydroxyl groups is 1. The molecule has 1 aromatic heterocycles. The molecule has 0 aromatic carbocycles. The average molecular weight is 254 g/mol. The fraction of sp³-hybridized carbons (Fsp3) is 0.727. The fourth-order valence-electron chi connectivity index (χ4n) is 2.44. The molecule has 7 nitrogen and oxygen atoms in total. The summed E-state index contributed by atoms with van der Waals surface area (Å²) in [5.74, 6) is 0.378. The molecule has 0 bridgehead atoms. The average Bonchev–Trinajstić information content (AvgIpc) is 2.59. The molecule has 1 aliphatic rings. The summed E-state index contributed by atoms with van der Waals surface area (Å²) in [7, 11) is 1.67. The molecule has 2 heterocycles. The quantitative estimate of drug-likeness (QED) is 0.644. The van der Waals surface area contributed by atoms with Gasteiger partial charge in [0.1, 0.15) is 6.20 Å². The Morgan fingerprint density at radius 3 is 3.00 bits per heavy atom. The Bertz CT molecular complexity index is 432. The van der Waals surface area contributed by atoms with Crippen molar-refractivity contribution in [2.45, 2.75) is 31.7 Å². The first-order chi connectivity index (χ1) is 8.63. The first-order valence-corrected chi connectivity index (χ1v) is 6.19. The van der Waals surface area contributed by atoms with Gasteiger partial charge in [-0.3, -0.25) is 14.8 Å². The van der Waals surface area contributed by atoms with Gasteiger partial charge in [-0.25, -0.2) is 0 Å². The molecule has 0 aliphatic carbocycles. The van der Waals surface area contributed by atoms with Crippen LogP contribution in [0.25, 0.3) is 0 Å². The van der Waals surface area contributed by atoms with E-state index in [4.69, 9.17) is 0 Å². The van der Waals surface area contributed by atoms with E-state index in [0.717, 1.165) is 25.7 Å². The third kappa shape index (κ3) is 2.45. The predicted molar refractivity (Wildman–Crippen MR) is 66.6 cm³/mol. The summed E-state index contributed by atoms with van der Waals surface area (Å²) < 4.78 is 1.45. The molecule has 1 aromatic rings. The minimum Gasteiger partial charge on any atom is -0.394 e. The molecular weight excluding hydrogens is 236 g/mol. The topological polar surface area (TPSA) is 84.4 Å². The van der Waals surface area contributed by atoms with Gasteiger partial charge in [0.2, 0.25) is 5.82 Å². The van der Waals surface area contributed by atoms with E-state index >= 15 is 0 Å². The van der Waals surface area contributed by atoms with Gasteiger partial charge in [-0.2, -0.15) is 0 Å². The highest BCUT2D eigenvalue weighted by Gasteiger charge is 2.29. The Hall–Kier alpha value is -1.63. The van der Waals surface area contributed by atoms with E-state index in [9.17, 15) is 15.2 Å². The van der Waals surface area contributed by atoms with Crippen LogP contribution in [0.15, 0.2) is 6.20 Å². The van der Waals surface area contributed by atoms with E-state index in [1.807, 2.05) is 4.90 Å². The van der Waals surface area contributed by atoms with Crippen LogP contribution in [0.1, 0.15) is 25.7 Å². The van der Waals surface area contributed by atoms with Crippen LogP contribution in [-0.4, -0.2) is 39.0 Å². The number of anilines is 1. The molecule has 1 atom stereocenters. The Balaban J connectivity index is 2.35. The Labute approximate surface area is 105 Å². The van der Waals surface area contributed by atoms with Crippen molar-refractivity contribution in [1.82, 2.24) is 9.78 Å². The van der Waals surface area contributed by atoms with Gasteiger partial charge in [0.15, 0.2) is 0 Å². The van der Waals surface area contributed by atoms with E-state index in [0.29, 0.717) is 12.4 Å². The molecule has 1 aliphatic heterocycles. The van der Waals surface area contributed by atoms with Crippen LogP contribution in [-0.2, 0) is 7.05 Å². The molecule has 1 saturated heterocycles. The standard InChI is InChI=1S/C11H18N4O3/c1-13-7-10(15(17)18)11(12-13)14-6-4-2-3-5-9(14)8-16/h7,9,16H,2-6,8H2,1H3. The molecule has 0 amide bonds. The maximum atomic E-state index is 11.0. The number of rotatable bonds is 3. The Morgan fingerprint density at radius 1 is 1.56 bits per heavy atom. The zero-order valence-electron chi connectivity index (χ0n) is 10.4. The van der Waals surface area contributed by atoms with Gasteiger partial charge >= 0.3 is 5.69 Å². The van der Waals surface area contributed by atoms with Gasteiger partial charge < -0.3 is 10.0 Å². The van der Waals surface area contributed by atoms with Crippen LogP contribution in [0, 0.1) is 10.1 Å². The molecule has 100 valence electrons. The largest absolute Gasteiger partial charge is 0.394 e. The summed E-state index contributed by atoms with van der Waals surface area (Å²) >= 11 is 0. The summed E-state index contributed by atoms with van der Waals surface area (Å²) in [6, 6.07) is -0.0684. The highest BCUT2D eigenvalue weighted by atomic mass is 16.6. The van der Waals surface area contributed by atoms with Crippen molar-refractivity contribution >= 4 is 11.5 Å². The van der Waals surface area contributed by atoms with Gasteiger partial charge in [-0.15, -0.1) is 5.10 Å². The zero-order chi connectivity index (χ0) is 13.1. The monoisotopic (exact) mass is 254 g/mol. The lowest BCUT2D eigenvalue weighted by Crippen LogP contribution is -2.38. The third-order valence-electron chi connectivity index (χ3n) is 3.35. The fourth-order valence-corrected chi connectivity index (χ4v) is 2.44. The van der Waals surface area contributed by atoms with Crippen LogP contribution in [0.5, 0.6) is 0 Å². The van der Waals surface area contributed by atoms with E-state index in [2.05, 4.69) is 5.10 Å². The van der Waals surface area contributed by atoms with Crippen LogP contribution in [0.3, 0.4) is 0 Å². The second kappa shape index (κ2) is 5.34. The van der Waals surface area contributed by atoms with Crippen LogP contribution in [0.2, 0.25) is 0 Å². The summed E-state index contributed by atoms with van der Waals surface area (Å²) in [4.78, 5) is 12.5. The molecule has 7 heteroatoms. The number of hydrogen-bond acceptors (Lipinski definition) is 5. The molecule has 1 fully saturated rings. The Kier molecular flexibility index (Phi) is 3.81. The molecular formula is C11H18N4O3. The van der Waals surface area contributed by atoms with Crippen molar-refractivity contribution in [3.8, 4) is 0 Å². The van der Waals surface area contributed by atoms with Crippen molar-refractivity contribution in [2.24, 2.45) is 7.05 Å². The molecule has 18 heavy (non-hydrogen) atoms. The smallest absolute Gasteiger partial charge is 0.330 e. The Morgan fingerprint density at radius 2 is 2.33 bits per heavy atom. The lowest BCUT2D eigenvalue weighted by atomic mass is 10.1. The molecule has 1 N–H and O–H groups in total. The number of hydrogen-bond donors (Lipinski definition) is 1. The highest BCUT2D eigenvalue weighted by molar-refractivity contribution is 5.57. The normalized spacial score (nSPS) is 20.8. The number of aryl methyl sites for hydroxylation is 1. The first kappa shape index (κ1) is 12.8. The minimum absolute atomic E-state index is 0.00767. The zero-order valence-corrected chi connectivity index (χ0v) is 10.4. The highest BCUT2D eigenvalue weighted by Crippen LogP contribution is 2.30. The van der Waals surface area contributed by atoms with Gasteiger partial charge in [0, 0.05) is 13.6 Å². The lowest BCUT2D eigenvalue weighted by Gasteiger charge is -2.27. The third-order valence-corrected chi connectivity index (χ3v) is 3.35. The number of nitrogens with zero attached hydrogens (tertiary/aromatic N) is 4. The summed E-state index contributed by atoms with van der Waals surface area (Å²) in [5.41, 5.74) is 0.0119. The van der Waals surface area contributed by atoms with Gasteiger partial charge in [-0.05, 0) is 12.8 Å². The van der Waals surface area contributed by atoms with Crippen molar-refractivity contribution < 1.29 is 10.0 Å². The van der Waals surface area contributed by atoms with Crippen LogP contribution in [0.4, 0.5) is 11.5 Å². The van der Waals surface area contributed by atoms with E-state index in [1.165, 1.54) is 10.9 Å². The maximum Gasteiger partial charge on any atom is 0.330 e. The molecule has 0 radical (unpaired) electrons. The van der Waals surface area contributed by atoms with Crippen LogP contribution >= 0.6 is 0 Å². The molecule has 1 unspecified atom stereocenters. The minimum atomic E-state index is -0.415. The summed E-state index contributed by atoms with van der Waals surface area (Å²) in [6.07, 6.45) is 5.37. The van der Waals surface area contributed by atoms with Gasteiger partial charge in [-0.1, -0.05) is 12.8 Å². The number of nitro groups is 1. The molecule has 0 saturated carbocycles. The van der Waals surface area contributed by atoms with E-state index in [1.54, 1.807) is 7.05 Å².